The van der Waals surface area contributed by atoms with Crippen LogP contribution in [0.3, 0.4) is 0 Å². The predicted octanol–water partition coefficient (Wildman–Crippen LogP) is 7.89. The van der Waals surface area contributed by atoms with E-state index in [0.717, 1.165) is 6.42 Å². The van der Waals surface area contributed by atoms with E-state index >= 15 is 35.1 Å². The van der Waals surface area contributed by atoms with E-state index < -0.39 is 144 Å². The van der Waals surface area contributed by atoms with Crippen LogP contribution in [0.25, 0.3) is 0 Å². The standard InChI is InChI=1S/C24BF20.C15H17N2O2/c26-5-1(6(27)14(35)21(42)13(5)34)25(2-7(28)15(36)22(43)16(37)8(2)29,3-9(30)17(38)23(44)18(39)10(3)31)4-11(32)19(40)24(45)20(41)12(4)33;1-2-10-19-15-12-17(9-8-16-15)11-14(18)13-6-4-3-5-7-13/h;3-9,12H,2,10-11H2,1H3/q-1;+1. The molecule has 0 aliphatic rings. The average Bonchev–Trinajstić information content (AvgIpc) is 3.28. The Bertz CT molecular complexity index is 2450. The lowest BCUT2D eigenvalue weighted by molar-refractivity contribution is -0.684. The molecule has 0 fully saturated rings. The molecule has 0 spiro atoms. The zero-order chi connectivity index (χ0) is 47.9. The molecule has 5 aromatic carbocycles. The fourth-order valence-corrected chi connectivity index (χ4v) is 6.55. The molecule has 6 aromatic rings. The first-order valence-corrected chi connectivity index (χ1v) is 17.3. The van der Waals surface area contributed by atoms with Gasteiger partial charge >= 0.3 is 0 Å². The van der Waals surface area contributed by atoms with E-state index in [0.29, 0.717) is 18.1 Å². The van der Waals surface area contributed by atoms with Gasteiger partial charge in [-0.05, 0) is 6.42 Å². The quantitative estimate of drug-likeness (QED) is 0.0351. The minimum Gasteiger partial charge on any atom is -0.473 e. The van der Waals surface area contributed by atoms with E-state index in [1.165, 1.54) is 0 Å². The molecular weight excluding hydrogens is 919 g/mol. The highest BCUT2D eigenvalue weighted by Crippen LogP contribution is 2.30. The van der Waals surface area contributed by atoms with Crippen LogP contribution < -0.4 is 31.2 Å². The van der Waals surface area contributed by atoms with E-state index in [-0.39, 0.29) is 12.3 Å². The van der Waals surface area contributed by atoms with Crippen molar-refractivity contribution in [2.24, 2.45) is 0 Å². The number of carbonyl (C=O) groups is 1. The van der Waals surface area contributed by atoms with E-state index in [9.17, 15) is 57.5 Å². The second-order valence-electron chi connectivity index (χ2n) is 13.0. The zero-order valence-electron chi connectivity index (χ0n) is 31.1. The number of ether oxygens (including phenoxy) is 1. The monoisotopic (exact) mass is 936 g/mol. The molecule has 338 valence electrons. The third-order valence-corrected chi connectivity index (χ3v) is 9.32. The fourth-order valence-electron chi connectivity index (χ4n) is 6.55. The first-order chi connectivity index (χ1) is 30.0. The molecule has 1 heterocycles. The van der Waals surface area contributed by atoms with E-state index in [1.54, 1.807) is 23.2 Å². The number of nitrogens with zero attached hydrogens (tertiary/aromatic N) is 2. The van der Waals surface area contributed by atoms with Crippen LogP contribution in [0.1, 0.15) is 23.7 Å². The molecule has 0 saturated carbocycles. The summed E-state index contributed by atoms with van der Waals surface area (Å²) in [6.07, 6.45) is -1.13. The van der Waals surface area contributed by atoms with Crippen molar-refractivity contribution in [2.75, 3.05) is 6.61 Å². The molecule has 0 unspecified atom stereocenters. The lowest BCUT2D eigenvalue weighted by atomic mass is 9.12. The molecule has 1 aromatic heterocycles. The molecule has 0 N–H and O–H groups in total. The van der Waals surface area contributed by atoms with Crippen molar-refractivity contribution < 1.29 is 102 Å². The van der Waals surface area contributed by atoms with Gasteiger partial charge in [0.15, 0.2) is 76.0 Å². The summed E-state index contributed by atoms with van der Waals surface area (Å²) >= 11 is 0. The number of carbonyl (C=O) groups excluding carboxylic acids is 1. The molecule has 0 aliphatic carbocycles. The van der Waals surface area contributed by atoms with Gasteiger partial charge in [0, 0.05) is 5.56 Å². The van der Waals surface area contributed by atoms with Crippen molar-refractivity contribution in [1.29, 1.82) is 0 Å². The number of rotatable bonds is 10. The van der Waals surface area contributed by atoms with Gasteiger partial charge in [-0.2, -0.15) is 4.57 Å². The molecule has 0 amide bonds. The Morgan fingerprint density at radius 2 is 0.781 bits per heavy atom. The van der Waals surface area contributed by atoms with Crippen molar-refractivity contribution in [3.8, 4) is 5.88 Å². The van der Waals surface area contributed by atoms with Gasteiger partial charge < -0.3 is 4.74 Å². The fraction of sp³-hybridized carbons (Fsp3) is 0.103. The molecule has 0 atom stereocenters. The maximum absolute atomic E-state index is 15.4. The second-order valence-corrected chi connectivity index (χ2v) is 13.0. The maximum Gasteiger partial charge on any atom is 0.279 e. The van der Waals surface area contributed by atoms with Crippen LogP contribution in [-0.4, -0.2) is 23.5 Å². The van der Waals surface area contributed by atoms with Crippen LogP contribution in [0.15, 0.2) is 48.9 Å². The molecule has 0 bridgehead atoms. The molecule has 25 heteroatoms. The lowest BCUT2D eigenvalue weighted by Gasteiger charge is -2.44. The highest BCUT2D eigenvalue weighted by molar-refractivity contribution is 7.20. The molecule has 0 radical (unpaired) electrons. The van der Waals surface area contributed by atoms with Crippen LogP contribution in [0.5, 0.6) is 5.88 Å². The van der Waals surface area contributed by atoms with Crippen molar-refractivity contribution in [3.05, 3.63) is 171 Å². The van der Waals surface area contributed by atoms with E-state index in [2.05, 4.69) is 4.98 Å². The third-order valence-electron chi connectivity index (χ3n) is 9.32. The first-order valence-electron chi connectivity index (χ1n) is 17.3. The second kappa shape index (κ2) is 18.6. The molecule has 0 saturated heterocycles. The Morgan fingerprint density at radius 1 is 0.484 bits per heavy atom. The number of hydrogen-bond acceptors (Lipinski definition) is 3. The van der Waals surface area contributed by atoms with Crippen LogP contribution in [0.2, 0.25) is 0 Å². The van der Waals surface area contributed by atoms with E-state index in [4.69, 9.17) is 4.74 Å². The highest BCUT2D eigenvalue weighted by Gasteiger charge is 2.52. The summed E-state index contributed by atoms with van der Waals surface area (Å²) in [6, 6.07) is 9.25. The number of ketones is 1. The van der Waals surface area contributed by atoms with Crippen LogP contribution >= 0.6 is 0 Å². The van der Waals surface area contributed by atoms with Crippen molar-refractivity contribution >= 4 is 33.8 Å². The Labute approximate surface area is 343 Å². The van der Waals surface area contributed by atoms with Crippen LogP contribution in [-0.2, 0) is 6.54 Å². The van der Waals surface area contributed by atoms with Gasteiger partial charge in [0.05, 0.1) is 12.8 Å². The normalized spacial score (nSPS) is 11.5. The van der Waals surface area contributed by atoms with Gasteiger partial charge in [0.25, 0.3) is 5.88 Å². The minimum atomic E-state index is -7.22. The van der Waals surface area contributed by atoms with Gasteiger partial charge in [0.1, 0.15) is 52.7 Å². The summed E-state index contributed by atoms with van der Waals surface area (Å²) in [5.41, 5.74) is -13.6. The van der Waals surface area contributed by atoms with Gasteiger partial charge in [0.2, 0.25) is 18.5 Å². The first kappa shape index (κ1) is 48.3. The summed E-state index contributed by atoms with van der Waals surface area (Å²) in [7, 11) is 0. The highest BCUT2D eigenvalue weighted by atomic mass is 19.2. The number of halogens is 20. The SMILES string of the molecule is CCCOc1c[n+](CC(=O)c2ccccc2)ccn1.Fc1c(F)c(F)c([B-](c2c(F)c(F)c(F)c(F)c2F)(c2c(F)c(F)c(F)c(F)c2F)c2c(F)c(F)c(F)c(F)c2F)c(F)c1F. The third kappa shape index (κ3) is 7.95. The summed E-state index contributed by atoms with van der Waals surface area (Å²) in [5.74, 6) is -70.8. The number of hydrogen-bond donors (Lipinski definition) is 0. The summed E-state index contributed by atoms with van der Waals surface area (Å²) < 4.78 is 301. The summed E-state index contributed by atoms with van der Waals surface area (Å²) in [6.45, 7) is 2.95. The van der Waals surface area contributed by atoms with Gasteiger partial charge in [-0.3, -0.25) is 4.79 Å². The van der Waals surface area contributed by atoms with Crippen molar-refractivity contribution in [2.45, 2.75) is 19.9 Å². The topological polar surface area (TPSA) is 43.1 Å². The van der Waals surface area contributed by atoms with Gasteiger partial charge in [-0.15, -0.1) is 21.9 Å². The largest absolute Gasteiger partial charge is 0.473 e. The lowest BCUT2D eigenvalue weighted by Crippen LogP contribution is -2.81. The summed E-state index contributed by atoms with van der Waals surface area (Å²) in [5, 5.41) is 0. The predicted molar refractivity (Wildman–Crippen MR) is 180 cm³/mol. The number of aromatic nitrogens is 2. The molecule has 0 aliphatic heterocycles. The van der Waals surface area contributed by atoms with Crippen molar-refractivity contribution in [3.63, 3.8) is 0 Å². The summed E-state index contributed by atoms with van der Waals surface area (Å²) in [4.78, 5) is 16.2. The molecule has 4 nitrogen and oxygen atoms in total. The van der Waals surface area contributed by atoms with Gasteiger partial charge in [-0.1, -0.05) is 37.3 Å². The van der Waals surface area contributed by atoms with Crippen LogP contribution in [0, 0.1) is 116 Å². The van der Waals surface area contributed by atoms with Gasteiger partial charge in [-0.25, -0.2) is 92.8 Å². The molecular formula is C39H17BF20N2O2. The number of benzene rings is 5. The van der Waals surface area contributed by atoms with E-state index in [1.807, 2.05) is 37.3 Å². The Balaban J connectivity index is 0.000000337. The zero-order valence-corrected chi connectivity index (χ0v) is 31.1. The number of Topliss-reactive ketones (excluding diaryl/α,β-unsaturated/α-hetero) is 1. The Hall–Kier alpha value is -6.69. The Morgan fingerprint density at radius 3 is 1.08 bits per heavy atom. The van der Waals surface area contributed by atoms with Crippen LogP contribution in [0.4, 0.5) is 87.8 Å². The smallest absolute Gasteiger partial charge is 0.279 e. The van der Waals surface area contributed by atoms with Crippen molar-refractivity contribution in [1.82, 2.24) is 4.98 Å². The minimum absolute atomic E-state index is 0.0678. The molecule has 6 rings (SSSR count). The molecule has 64 heavy (non-hydrogen) atoms. The Kier molecular flexibility index (Phi) is 14.0. The maximum atomic E-state index is 15.4. The average molecular weight is 936 g/mol.